The minimum Gasteiger partial charge on any atom is -0.490 e. The molecule has 1 N–H and O–H groups in total. The minimum atomic E-state index is -2.97. The van der Waals surface area contributed by atoms with E-state index in [0.717, 1.165) is 31.5 Å². The van der Waals surface area contributed by atoms with E-state index in [-0.39, 0.29) is 24.7 Å². The van der Waals surface area contributed by atoms with Crippen LogP contribution < -0.4 is 14.8 Å². The summed E-state index contributed by atoms with van der Waals surface area (Å²) in [7, 11) is 0. The quantitative estimate of drug-likeness (QED) is 0.316. The molecule has 0 bridgehead atoms. The number of carbonyl (C=O) groups excluding carboxylic acids is 1. The molecule has 2 rings (SSSR count). The van der Waals surface area contributed by atoms with E-state index in [0.29, 0.717) is 13.0 Å². The molecule has 9 nitrogen and oxygen atoms in total. The fourth-order valence-electron chi connectivity index (χ4n) is 2.98. The first kappa shape index (κ1) is 22.6. The van der Waals surface area contributed by atoms with E-state index in [4.69, 9.17) is 4.74 Å². The highest BCUT2D eigenvalue weighted by atomic mass is 19.3. The number of alkyl halides is 2. The van der Waals surface area contributed by atoms with Gasteiger partial charge < -0.3 is 19.6 Å². The molecule has 1 aliphatic heterocycles. The van der Waals surface area contributed by atoms with Crippen LogP contribution in [0.5, 0.6) is 11.5 Å². The molecule has 0 saturated carbocycles. The molecule has 0 spiro atoms. The van der Waals surface area contributed by atoms with Gasteiger partial charge in [0.2, 0.25) is 5.91 Å². The molecule has 0 atom stereocenters. The Morgan fingerprint density at radius 3 is 2.69 bits per heavy atom. The van der Waals surface area contributed by atoms with E-state index in [1.807, 2.05) is 0 Å². The van der Waals surface area contributed by atoms with Gasteiger partial charge >= 0.3 is 6.61 Å². The smallest absolute Gasteiger partial charge is 0.387 e. The van der Waals surface area contributed by atoms with Gasteiger partial charge in [-0.2, -0.15) is 8.78 Å². The standard InChI is InChI=1S/C18H25F2N3O6/c19-18(20)29-15-6-5-14(12-22-8-2-1-3-9-22)11-16(15)27-10-4-7-21-17(24)13-28-23(25)26/h5-6,11,18H,1-4,7-10,12-13H2,(H,21,24). The second kappa shape index (κ2) is 12.0. The van der Waals surface area contributed by atoms with Crippen LogP contribution in [0.4, 0.5) is 8.78 Å². The van der Waals surface area contributed by atoms with Gasteiger partial charge in [-0.3, -0.25) is 9.69 Å². The Labute approximate surface area is 167 Å². The van der Waals surface area contributed by atoms with Crippen molar-refractivity contribution in [1.82, 2.24) is 10.2 Å². The Morgan fingerprint density at radius 2 is 2.00 bits per heavy atom. The number of hydrogen-bond donors (Lipinski definition) is 1. The fraction of sp³-hybridized carbons (Fsp3) is 0.611. The van der Waals surface area contributed by atoms with Gasteiger partial charge in [0.1, 0.15) is 0 Å². The van der Waals surface area contributed by atoms with E-state index in [9.17, 15) is 23.7 Å². The van der Waals surface area contributed by atoms with Crippen molar-refractivity contribution in [2.45, 2.75) is 38.8 Å². The maximum Gasteiger partial charge on any atom is 0.387 e. The Balaban J connectivity index is 1.84. The van der Waals surface area contributed by atoms with Crippen molar-refractivity contribution in [2.75, 3.05) is 32.8 Å². The number of halogens is 2. The van der Waals surface area contributed by atoms with Crippen molar-refractivity contribution in [1.29, 1.82) is 0 Å². The Bertz CT molecular complexity index is 671. The molecule has 1 heterocycles. The molecule has 1 aromatic carbocycles. The largest absolute Gasteiger partial charge is 0.490 e. The lowest BCUT2D eigenvalue weighted by Gasteiger charge is -2.26. The van der Waals surface area contributed by atoms with Crippen molar-refractivity contribution >= 4 is 5.91 Å². The van der Waals surface area contributed by atoms with Crippen LogP contribution in [0.3, 0.4) is 0 Å². The van der Waals surface area contributed by atoms with Crippen LogP contribution in [0, 0.1) is 10.1 Å². The monoisotopic (exact) mass is 417 g/mol. The number of nitrogens with zero attached hydrogens (tertiary/aromatic N) is 2. The highest BCUT2D eigenvalue weighted by Crippen LogP contribution is 2.30. The van der Waals surface area contributed by atoms with Crippen molar-refractivity contribution in [3.05, 3.63) is 33.9 Å². The number of nitrogens with one attached hydrogen (secondary N) is 1. The Morgan fingerprint density at radius 1 is 1.24 bits per heavy atom. The van der Waals surface area contributed by atoms with Crippen molar-refractivity contribution in [2.24, 2.45) is 0 Å². The maximum absolute atomic E-state index is 12.6. The van der Waals surface area contributed by atoms with Gasteiger partial charge in [-0.1, -0.05) is 12.5 Å². The van der Waals surface area contributed by atoms with Gasteiger partial charge in [0.15, 0.2) is 18.1 Å². The third kappa shape index (κ3) is 8.90. The molecule has 0 unspecified atom stereocenters. The first-order valence-electron chi connectivity index (χ1n) is 9.41. The number of carbonyl (C=O) groups is 1. The minimum absolute atomic E-state index is 0.0502. The molecule has 1 aromatic rings. The van der Waals surface area contributed by atoms with E-state index < -0.39 is 24.2 Å². The lowest BCUT2D eigenvalue weighted by Crippen LogP contribution is -2.30. The van der Waals surface area contributed by atoms with Gasteiger partial charge in [-0.25, -0.2) is 0 Å². The molecule has 11 heteroatoms. The second-order valence-corrected chi connectivity index (χ2v) is 6.55. The summed E-state index contributed by atoms with van der Waals surface area (Å²) in [5.74, 6) is -0.472. The summed E-state index contributed by atoms with van der Waals surface area (Å²) < 4.78 is 35.4. The SMILES string of the molecule is O=C(CO[N+](=O)[O-])NCCCOc1cc(CN2CCCCC2)ccc1OC(F)F. The predicted molar refractivity (Wildman–Crippen MR) is 98.3 cm³/mol. The molecule has 29 heavy (non-hydrogen) atoms. The number of benzene rings is 1. The molecule has 1 aliphatic rings. The molecular weight excluding hydrogens is 392 g/mol. The molecule has 162 valence electrons. The normalized spacial score (nSPS) is 14.4. The summed E-state index contributed by atoms with van der Waals surface area (Å²) in [5, 5.41) is 11.4. The third-order valence-corrected chi connectivity index (χ3v) is 4.28. The van der Waals surface area contributed by atoms with Crippen LogP contribution in [-0.2, 0) is 16.2 Å². The first-order valence-corrected chi connectivity index (χ1v) is 9.41. The average molecular weight is 417 g/mol. The summed E-state index contributed by atoms with van der Waals surface area (Å²) in [6.45, 7) is -0.597. The van der Waals surface area contributed by atoms with E-state index in [2.05, 4.69) is 19.8 Å². The lowest BCUT2D eigenvalue weighted by atomic mass is 10.1. The molecule has 0 aliphatic carbocycles. The zero-order chi connectivity index (χ0) is 21.1. The van der Waals surface area contributed by atoms with Gasteiger partial charge in [0.25, 0.3) is 5.09 Å². The zero-order valence-corrected chi connectivity index (χ0v) is 16.0. The molecule has 1 amide bonds. The van der Waals surface area contributed by atoms with Crippen LogP contribution in [0.1, 0.15) is 31.2 Å². The zero-order valence-electron chi connectivity index (χ0n) is 16.0. The van der Waals surface area contributed by atoms with E-state index in [1.54, 1.807) is 12.1 Å². The highest BCUT2D eigenvalue weighted by molar-refractivity contribution is 5.76. The van der Waals surface area contributed by atoms with Crippen LogP contribution in [0.15, 0.2) is 18.2 Å². The summed E-state index contributed by atoms with van der Waals surface area (Å²) in [6, 6.07) is 4.90. The lowest BCUT2D eigenvalue weighted by molar-refractivity contribution is -0.754. The Kier molecular flexibility index (Phi) is 9.35. The Hall–Kier alpha value is -2.69. The van der Waals surface area contributed by atoms with E-state index in [1.165, 1.54) is 12.5 Å². The van der Waals surface area contributed by atoms with Crippen molar-refractivity contribution in [3.63, 3.8) is 0 Å². The number of likely N-dealkylation sites (tertiary alicyclic amines) is 1. The predicted octanol–water partition coefficient (Wildman–Crippen LogP) is 2.37. The van der Waals surface area contributed by atoms with Crippen molar-refractivity contribution in [3.8, 4) is 11.5 Å². The first-order chi connectivity index (χ1) is 13.9. The van der Waals surface area contributed by atoms with Crippen LogP contribution in [-0.4, -0.2) is 55.4 Å². The molecule has 0 radical (unpaired) electrons. The molecule has 0 aromatic heterocycles. The highest BCUT2D eigenvalue weighted by Gasteiger charge is 2.15. The summed E-state index contributed by atoms with van der Waals surface area (Å²) in [5.41, 5.74) is 0.939. The second-order valence-electron chi connectivity index (χ2n) is 6.55. The van der Waals surface area contributed by atoms with Gasteiger partial charge in [0.05, 0.1) is 6.61 Å². The van der Waals surface area contributed by atoms with Gasteiger partial charge in [-0.05, 0) is 50.0 Å². The number of piperidine rings is 1. The number of rotatable bonds is 12. The van der Waals surface area contributed by atoms with Gasteiger partial charge in [0, 0.05) is 13.1 Å². The molecule has 1 fully saturated rings. The van der Waals surface area contributed by atoms with E-state index >= 15 is 0 Å². The average Bonchev–Trinajstić information content (AvgIpc) is 2.68. The molecular formula is C18H25F2N3O6. The van der Waals surface area contributed by atoms with Crippen LogP contribution in [0.25, 0.3) is 0 Å². The van der Waals surface area contributed by atoms with Crippen LogP contribution in [0.2, 0.25) is 0 Å². The molecule has 1 saturated heterocycles. The topological polar surface area (TPSA) is 103 Å². The maximum atomic E-state index is 12.6. The van der Waals surface area contributed by atoms with Crippen molar-refractivity contribution < 1.29 is 33.0 Å². The van der Waals surface area contributed by atoms with Crippen LogP contribution >= 0.6 is 0 Å². The summed E-state index contributed by atoms with van der Waals surface area (Å²) in [6.07, 6.45) is 3.89. The number of amides is 1. The number of hydrogen-bond acceptors (Lipinski definition) is 7. The third-order valence-electron chi connectivity index (χ3n) is 4.28. The number of ether oxygens (including phenoxy) is 2. The fourth-order valence-corrected chi connectivity index (χ4v) is 2.98. The summed E-state index contributed by atoms with van der Waals surface area (Å²) in [4.78, 5) is 27.6. The van der Waals surface area contributed by atoms with Gasteiger partial charge in [-0.15, -0.1) is 10.1 Å². The summed E-state index contributed by atoms with van der Waals surface area (Å²) >= 11 is 0.